The number of para-hydroxylation sites is 2. The number of imidazole rings is 1. The molecule has 0 amide bonds. The van der Waals surface area contributed by atoms with E-state index < -0.39 is 6.23 Å². The standard InChI is InChI=1S/C24H25N7O/c1-24(2,3)10-20(32)27-16-8-14(11-25-13-16)15-9-17-21(30-31-22(17)26-12-15)23-28-18-6-4-5-7-19(18)29-23/h4-9,11-13,20,27,32H,10H2,1-3H3,(H,28,29)(H,26,30,31). The van der Waals surface area contributed by atoms with Crippen LogP contribution in [-0.2, 0) is 0 Å². The van der Waals surface area contributed by atoms with Crippen molar-refractivity contribution in [2.75, 3.05) is 5.32 Å². The number of pyridine rings is 2. The summed E-state index contributed by atoms with van der Waals surface area (Å²) in [5.74, 6) is 0.690. The van der Waals surface area contributed by atoms with Crippen LogP contribution in [0, 0.1) is 5.41 Å². The molecule has 8 nitrogen and oxygen atoms in total. The Labute approximate surface area is 185 Å². The average molecular weight is 428 g/mol. The highest BCUT2D eigenvalue weighted by molar-refractivity contribution is 5.93. The third-order valence-electron chi connectivity index (χ3n) is 5.24. The van der Waals surface area contributed by atoms with Crippen LogP contribution in [0.1, 0.15) is 27.2 Å². The minimum atomic E-state index is -0.652. The second-order valence-electron chi connectivity index (χ2n) is 9.18. The summed E-state index contributed by atoms with van der Waals surface area (Å²) in [4.78, 5) is 16.9. The van der Waals surface area contributed by atoms with Crippen LogP contribution in [0.3, 0.4) is 0 Å². The van der Waals surface area contributed by atoms with E-state index in [1.54, 1.807) is 18.6 Å². The third-order valence-corrected chi connectivity index (χ3v) is 5.24. The van der Waals surface area contributed by atoms with Gasteiger partial charge in [0, 0.05) is 23.5 Å². The Kier molecular flexibility index (Phi) is 4.86. The zero-order valence-corrected chi connectivity index (χ0v) is 18.2. The fraction of sp³-hybridized carbons (Fsp3) is 0.250. The number of nitrogens with zero attached hydrogens (tertiary/aromatic N) is 4. The van der Waals surface area contributed by atoms with Crippen LogP contribution in [0.25, 0.3) is 44.7 Å². The van der Waals surface area contributed by atoms with Crippen molar-refractivity contribution in [3.05, 3.63) is 55.0 Å². The molecule has 32 heavy (non-hydrogen) atoms. The number of aliphatic hydroxyl groups excluding tert-OH is 1. The zero-order valence-electron chi connectivity index (χ0n) is 18.2. The number of aromatic amines is 2. The summed E-state index contributed by atoms with van der Waals surface area (Å²) < 4.78 is 0. The van der Waals surface area contributed by atoms with Gasteiger partial charge in [-0.1, -0.05) is 32.9 Å². The zero-order chi connectivity index (χ0) is 22.3. The molecule has 1 aromatic carbocycles. The van der Waals surface area contributed by atoms with Crippen LogP contribution in [0.2, 0.25) is 0 Å². The van der Waals surface area contributed by atoms with Crippen molar-refractivity contribution in [2.45, 2.75) is 33.4 Å². The number of anilines is 1. The average Bonchev–Trinajstić information content (AvgIpc) is 3.35. The SMILES string of the molecule is CC(C)(C)CC(O)Nc1cncc(-c2cnc3[nH]nc(-c4nc5ccccc5[nH]4)c3c2)c1. The molecule has 0 aliphatic carbocycles. The molecule has 5 aromatic rings. The Morgan fingerprint density at radius 3 is 2.69 bits per heavy atom. The summed E-state index contributed by atoms with van der Waals surface area (Å²) in [5, 5.41) is 21.8. The molecule has 0 saturated heterocycles. The monoisotopic (exact) mass is 427 g/mol. The van der Waals surface area contributed by atoms with E-state index in [4.69, 9.17) is 0 Å². The van der Waals surface area contributed by atoms with Gasteiger partial charge in [-0.05, 0) is 36.1 Å². The van der Waals surface area contributed by atoms with Gasteiger partial charge in [-0.25, -0.2) is 9.97 Å². The lowest BCUT2D eigenvalue weighted by Crippen LogP contribution is -2.25. The Hall–Kier alpha value is -3.78. The molecule has 1 atom stereocenters. The molecule has 5 rings (SSSR count). The second-order valence-corrected chi connectivity index (χ2v) is 9.18. The number of aliphatic hydroxyl groups is 1. The summed E-state index contributed by atoms with van der Waals surface area (Å²) in [7, 11) is 0. The number of nitrogens with one attached hydrogen (secondary N) is 3. The van der Waals surface area contributed by atoms with E-state index in [-0.39, 0.29) is 5.41 Å². The van der Waals surface area contributed by atoms with Crippen molar-refractivity contribution in [1.82, 2.24) is 30.1 Å². The normalized spacial score (nSPS) is 13.0. The summed E-state index contributed by atoms with van der Waals surface area (Å²) in [6.45, 7) is 6.29. The first-order chi connectivity index (χ1) is 15.4. The van der Waals surface area contributed by atoms with Crippen LogP contribution in [0.5, 0.6) is 0 Å². The Morgan fingerprint density at radius 2 is 1.88 bits per heavy atom. The van der Waals surface area contributed by atoms with Crippen LogP contribution in [0.15, 0.2) is 55.0 Å². The maximum absolute atomic E-state index is 10.4. The molecule has 0 fully saturated rings. The number of hydrogen-bond acceptors (Lipinski definition) is 6. The first kappa shape index (κ1) is 20.1. The van der Waals surface area contributed by atoms with Crippen LogP contribution in [0.4, 0.5) is 5.69 Å². The molecule has 4 heterocycles. The lowest BCUT2D eigenvalue weighted by molar-refractivity contribution is 0.145. The third kappa shape index (κ3) is 4.04. The predicted octanol–water partition coefficient (Wildman–Crippen LogP) is 4.73. The van der Waals surface area contributed by atoms with Gasteiger partial charge >= 0.3 is 0 Å². The van der Waals surface area contributed by atoms with Crippen LogP contribution in [-0.4, -0.2) is 41.5 Å². The molecule has 0 aliphatic rings. The molecule has 1 unspecified atom stereocenters. The lowest BCUT2D eigenvalue weighted by atomic mass is 9.91. The highest BCUT2D eigenvalue weighted by Gasteiger charge is 2.17. The second kappa shape index (κ2) is 7.72. The van der Waals surface area contributed by atoms with Crippen molar-refractivity contribution in [1.29, 1.82) is 0 Å². The van der Waals surface area contributed by atoms with Crippen molar-refractivity contribution >= 4 is 27.8 Å². The Morgan fingerprint density at radius 1 is 1.06 bits per heavy atom. The number of hydrogen-bond donors (Lipinski definition) is 4. The van der Waals surface area contributed by atoms with E-state index in [0.29, 0.717) is 23.6 Å². The number of fused-ring (bicyclic) bond motifs is 2. The van der Waals surface area contributed by atoms with Gasteiger partial charge in [0.2, 0.25) is 0 Å². The summed E-state index contributed by atoms with van der Waals surface area (Å²) >= 11 is 0. The van der Waals surface area contributed by atoms with Gasteiger partial charge in [0.25, 0.3) is 0 Å². The molecule has 0 radical (unpaired) electrons. The predicted molar refractivity (Wildman–Crippen MR) is 126 cm³/mol. The van der Waals surface area contributed by atoms with Crippen LogP contribution >= 0.6 is 0 Å². The molecular weight excluding hydrogens is 402 g/mol. The summed E-state index contributed by atoms with van der Waals surface area (Å²) in [5.41, 5.74) is 5.81. The molecule has 8 heteroatoms. The van der Waals surface area contributed by atoms with E-state index in [1.165, 1.54) is 0 Å². The number of aromatic nitrogens is 6. The molecule has 0 bridgehead atoms. The first-order valence-electron chi connectivity index (χ1n) is 10.5. The van der Waals surface area contributed by atoms with Gasteiger partial charge in [-0.15, -0.1) is 0 Å². The smallest absolute Gasteiger partial charge is 0.159 e. The molecule has 4 aromatic heterocycles. The van der Waals surface area contributed by atoms with E-state index >= 15 is 0 Å². The first-order valence-corrected chi connectivity index (χ1v) is 10.5. The molecular formula is C24H25N7O. The van der Waals surface area contributed by atoms with Crippen LogP contribution < -0.4 is 5.32 Å². The maximum atomic E-state index is 10.4. The van der Waals surface area contributed by atoms with Gasteiger partial charge in [0.05, 0.1) is 28.3 Å². The minimum absolute atomic E-state index is 0.0146. The number of H-pyrrole nitrogens is 2. The minimum Gasteiger partial charge on any atom is -0.374 e. The van der Waals surface area contributed by atoms with Gasteiger partial charge < -0.3 is 15.4 Å². The molecule has 0 saturated carbocycles. The van der Waals surface area contributed by atoms with E-state index in [9.17, 15) is 5.11 Å². The Bertz CT molecular complexity index is 1360. The van der Waals surface area contributed by atoms with Crippen molar-refractivity contribution < 1.29 is 5.11 Å². The maximum Gasteiger partial charge on any atom is 0.159 e. The number of benzene rings is 1. The van der Waals surface area contributed by atoms with Gasteiger partial charge in [0.1, 0.15) is 11.9 Å². The van der Waals surface area contributed by atoms with Gasteiger partial charge in [-0.2, -0.15) is 5.10 Å². The van der Waals surface area contributed by atoms with E-state index in [1.807, 2.05) is 36.4 Å². The van der Waals surface area contributed by atoms with Crippen molar-refractivity contribution in [2.24, 2.45) is 5.41 Å². The van der Waals surface area contributed by atoms with E-state index in [0.717, 1.165) is 33.2 Å². The molecule has 162 valence electrons. The van der Waals surface area contributed by atoms with Crippen molar-refractivity contribution in [3.63, 3.8) is 0 Å². The molecule has 0 spiro atoms. The van der Waals surface area contributed by atoms with Gasteiger partial charge in [0.15, 0.2) is 11.5 Å². The lowest BCUT2D eigenvalue weighted by Gasteiger charge is -2.23. The Balaban J connectivity index is 1.48. The number of rotatable bonds is 5. The quantitative estimate of drug-likeness (QED) is 0.301. The topological polar surface area (TPSA) is 115 Å². The molecule has 0 aliphatic heterocycles. The highest BCUT2D eigenvalue weighted by Crippen LogP contribution is 2.30. The summed E-state index contributed by atoms with van der Waals surface area (Å²) in [6.07, 6.45) is 5.25. The fourth-order valence-electron chi connectivity index (χ4n) is 3.81. The van der Waals surface area contributed by atoms with Gasteiger partial charge in [-0.3, -0.25) is 10.1 Å². The summed E-state index contributed by atoms with van der Waals surface area (Å²) in [6, 6.07) is 11.9. The fourth-order valence-corrected chi connectivity index (χ4v) is 3.81. The highest BCUT2D eigenvalue weighted by atomic mass is 16.3. The largest absolute Gasteiger partial charge is 0.374 e. The van der Waals surface area contributed by atoms with Crippen molar-refractivity contribution in [3.8, 4) is 22.6 Å². The van der Waals surface area contributed by atoms with E-state index in [2.05, 4.69) is 56.2 Å². The molecule has 4 N–H and O–H groups in total.